The molecular weight excluding hydrogens is 326 g/mol. The standard InChI is InChI=1S/C21H35N3O2/c1-25-16-13-21(11-4-5-12-21)17-23-20(24-18-7-2-3-8-18)22-14-10-19-9-6-15-26-19/h6,9,15,18H,2-5,7-8,10-14,16-17H2,1H3,(H2,22,23,24). The van der Waals surface area contributed by atoms with Gasteiger partial charge in [0.25, 0.3) is 0 Å². The number of nitrogens with zero attached hydrogens (tertiary/aromatic N) is 1. The van der Waals surface area contributed by atoms with E-state index in [2.05, 4.69) is 10.6 Å². The van der Waals surface area contributed by atoms with Crippen LogP contribution in [0.2, 0.25) is 0 Å². The molecule has 2 saturated carbocycles. The van der Waals surface area contributed by atoms with Crippen molar-refractivity contribution in [2.24, 2.45) is 10.4 Å². The Kier molecular flexibility index (Phi) is 7.42. The zero-order valence-corrected chi connectivity index (χ0v) is 16.3. The number of nitrogens with one attached hydrogen (secondary N) is 2. The highest BCUT2D eigenvalue weighted by atomic mass is 16.5. The fourth-order valence-electron chi connectivity index (χ4n) is 4.35. The van der Waals surface area contributed by atoms with Crippen LogP contribution < -0.4 is 10.6 Å². The molecule has 26 heavy (non-hydrogen) atoms. The number of aliphatic imine (C=N–C) groups is 1. The van der Waals surface area contributed by atoms with Crippen molar-refractivity contribution in [3.8, 4) is 0 Å². The molecule has 0 aromatic carbocycles. The predicted octanol–water partition coefficient (Wildman–Crippen LogP) is 3.90. The first-order chi connectivity index (χ1) is 12.8. The molecule has 0 unspecified atom stereocenters. The van der Waals surface area contributed by atoms with Crippen LogP contribution in [0, 0.1) is 5.41 Å². The maximum atomic E-state index is 5.44. The van der Waals surface area contributed by atoms with Gasteiger partial charge in [0.15, 0.2) is 5.96 Å². The fourth-order valence-corrected chi connectivity index (χ4v) is 4.35. The number of furan rings is 1. The van der Waals surface area contributed by atoms with Crippen LogP contribution in [-0.2, 0) is 11.2 Å². The van der Waals surface area contributed by atoms with E-state index >= 15 is 0 Å². The van der Waals surface area contributed by atoms with Crippen molar-refractivity contribution in [1.82, 2.24) is 10.6 Å². The molecule has 1 aromatic rings. The molecule has 2 aliphatic rings. The average molecular weight is 362 g/mol. The topological polar surface area (TPSA) is 58.8 Å². The van der Waals surface area contributed by atoms with Crippen molar-refractivity contribution in [3.63, 3.8) is 0 Å². The molecular formula is C21H35N3O2. The highest BCUT2D eigenvalue weighted by Gasteiger charge is 2.33. The lowest BCUT2D eigenvalue weighted by Crippen LogP contribution is -2.43. The Morgan fingerprint density at radius 3 is 2.77 bits per heavy atom. The minimum absolute atomic E-state index is 0.335. The van der Waals surface area contributed by atoms with Crippen LogP contribution in [0.5, 0.6) is 0 Å². The number of methoxy groups -OCH3 is 1. The van der Waals surface area contributed by atoms with Crippen LogP contribution in [0.15, 0.2) is 27.8 Å². The Bertz CT molecular complexity index is 529. The summed E-state index contributed by atoms with van der Waals surface area (Å²) in [5.74, 6) is 2.00. The van der Waals surface area contributed by atoms with Crippen LogP contribution in [0.1, 0.15) is 63.5 Å². The van der Waals surface area contributed by atoms with E-state index in [1.54, 1.807) is 13.4 Å². The number of guanidine groups is 1. The summed E-state index contributed by atoms with van der Waals surface area (Å²) in [6.45, 7) is 2.59. The minimum Gasteiger partial charge on any atom is -0.469 e. The van der Waals surface area contributed by atoms with Gasteiger partial charge >= 0.3 is 0 Å². The zero-order chi connectivity index (χ0) is 18.1. The lowest BCUT2D eigenvalue weighted by Gasteiger charge is -2.27. The molecule has 146 valence electrons. The molecule has 0 radical (unpaired) electrons. The first-order valence-corrected chi connectivity index (χ1v) is 10.4. The highest BCUT2D eigenvalue weighted by molar-refractivity contribution is 5.80. The van der Waals surface area contributed by atoms with Gasteiger partial charge in [-0.05, 0) is 49.7 Å². The van der Waals surface area contributed by atoms with Crippen LogP contribution >= 0.6 is 0 Å². The van der Waals surface area contributed by atoms with E-state index in [0.29, 0.717) is 11.5 Å². The fraction of sp³-hybridized carbons (Fsp3) is 0.762. The van der Waals surface area contributed by atoms with Gasteiger partial charge in [0.1, 0.15) is 5.76 Å². The Hall–Kier alpha value is -1.49. The van der Waals surface area contributed by atoms with E-state index in [-0.39, 0.29) is 0 Å². The maximum Gasteiger partial charge on any atom is 0.191 e. The molecule has 3 rings (SSSR count). The third kappa shape index (κ3) is 5.76. The molecule has 1 aromatic heterocycles. The molecule has 5 heteroatoms. The lowest BCUT2D eigenvalue weighted by molar-refractivity contribution is 0.141. The summed E-state index contributed by atoms with van der Waals surface area (Å²) in [6.07, 6.45) is 14.1. The van der Waals surface area contributed by atoms with Crippen molar-refractivity contribution in [1.29, 1.82) is 0 Å². The first-order valence-electron chi connectivity index (χ1n) is 10.4. The largest absolute Gasteiger partial charge is 0.469 e. The van der Waals surface area contributed by atoms with E-state index in [9.17, 15) is 0 Å². The van der Waals surface area contributed by atoms with Crippen molar-refractivity contribution in [2.45, 2.75) is 70.3 Å². The number of rotatable bonds is 9. The van der Waals surface area contributed by atoms with E-state index < -0.39 is 0 Å². The normalized spacial score (nSPS) is 20.6. The van der Waals surface area contributed by atoms with Gasteiger partial charge < -0.3 is 19.8 Å². The quantitative estimate of drug-likeness (QED) is 0.517. The Morgan fingerprint density at radius 1 is 1.27 bits per heavy atom. The number of hydrogen-bond acceptors (Lipinski definition) is 3. The number of hydrogen-bond donors (Lipinski definition) is 2. The second kappa shape index (κ2) is 10.0. The highest BCUT2D eigenvalue weighted by Crippen LogP contribution is 2.41. The van der Waals surface area contributed by atoms with Gasteiger partial charge in [0.05, 0.1) is 6.26 Å². The van der Waals surface area contributed by atoms with Gasteiger partial charge in [-0.3, -0.25) is 4.99 Å². The number of ether oxygens (including phenoxy) is 1. The molecule has 0 atom stereocenters. The van der Waals surface area contributed by atoms with Crippen LogP contribution in [0.3, 0.4) is 0 Å². The summed E-state index contributed by atoms with van der Waals surface area (Å²) in [5, 5.41) is 7.20. The van der Waals surface area contributed by atoms with Crippen molar-refractivity contribution < 1.29 is 9.15 Å². The second-order valence-electron chi connectivity index (χ2n) is 8.00. The summed E-state index contributed by atoms with van der Waals surface area (Å²) in [5.41, 5.74) is 0.335. The van der Waals surface area contributed by atoms with Gasteiger partial charge in [0.2, 0.25) is 0 Å². The smallest absolute Gasteiger partial charge is 0.191 e. The van der Waals surface area contributed by atoms with Gasteiger partial charge in [-0.2, -0.15) is 0 Å². The average Bonchev–Trinajstić information content (AvgIpc) is 3.41. The molecule has 0 spiro atoms. The molecule has 0 bridgehead atoms. The molecule has 2 N–H and O–H groups in total. The van der Waals surface area contributed by atoms with Gasteiger partial charge in [-0.25, -0.2) is 0 Å². The summed E-state index contributed by atoms with van der Waals surface area (Å²) in [7, 11) is 1.80. The monoisotopic (exact) mass is 361 g/mol. The van der Waals surface area contributed by atoms with Gasteiger partial charge in [-0.1, -0.05) is 25.7 Å². The van der Waals surface area contributed by atoms with Gasteiger partial charge in [0, 0.05) is 39.3 Å². The molecule has 5 nitrogen and oxygen atoms in total. The molecule has 0 aliphatic heterocycles. The second-order valence-corrected chi connectivity index (χ2v) is 8.00. The molecule has 0 amide bonds. The molecule has 0 saturated heterocycles. The molecule has 2 aliphatic carbocycles. The SMILES string of the molecule is COCCC1(CN=C(NCCc2ccco2)NC2CCCC2)CCCC1. The van der Waals surface area contributed by atoms with Crippen molar-refractivity contribution >= 4 is 5.96 Å². The minimum atomic E-state index is 0.335. The molecule has 2 fully saturated rings. The Morgan fingerprint density at radius 2 is 2.08 bits per heavy atom. The third-order valence-electron chi connectivity index (χ3n) is 6.01. The van der Waals surface area contributed by atoms with Crippen molar-refractivity contribution in [2.75, 3.05) is 26.8 Å². The van der Waals surface area contributed by atoms with Gasteiger partial charge in [-0.15, -0.1) is 0 Å². The predicted molar refractivity (Wildman–Crippen MR) is 106 cm³/mol. The lowest BCUT2D eigenvalue weighted by atomic mass is 9.83. The first kappa shape index (κ1) is 19.3. The summed E-state index contributed by atoms with van der Waals surface area (Å²) in [6, 6.07) is 4.55. The van der Waals surface area contributed by atoms with E-state index in [1.807, 2.05) is 12.1 Å². The maximum absolute atomic E-state index is 5.44. The summed E-state index contributed by atoms with van der Waals surface area (Å²) < 4.78 is 10.8. The van der Waals surface area contributed by atoms with E-state index in [0.717, 1.165) is 44.3 Å². The Balaban J connectivity index is 1.57. The summed E-state index contributed by atoms with van der Waals surface area (Å²) >= 11 is 0. The third-order valence-corrected chi connectivity index (χ3v) is 6.01. The summed E-state index contributed by atoms with van der Waals surface area (Å²) in [4.78, 5) is 5.02. The van der Waals surface area contributed by atoms with Crippen LogP contribution in [0.25, 0.3) is 0 Å². The van der Waals surface area contributed by atoms with E-state index in [1.165, 1.54) is 51.4 Å². The van der Waals surface area contributed by atoms with Crippen molar-refractivity contribution in [3.05, 3.63) is 24.2 Å². The Labute approximate surface area is 158 Å². The zero-order valence-electron chi connectivity index (χ0n) is 16.3. The van der Waals surface area contributed by atoms with E-state index in [4.69, 9.17) is 14.1 Å². The molecule has 1 heterocycles. The van der Waals surface area contributed by atoms with Crippen LogP contribution in [0.4, 0.5) is 0 Å². The van der Waals surface area contributed by atoms with Crippen LogP contribution in [-0.4, -0.2) is 38.8 Å².